The molecule has 0 saturated heterocycles. The van der Waals surface area contributed by atoms with Crippen molar-refractivity contribution in [1.82, 2.24) is 10.0 Å². The molecule has 0 aliphatic heterocycles. The lowest BCUT2D eigenvalue weighted by Gasteiger charge is -2.13. The number of hydrogen-bond donors (Lipinski definition) is 1. The molecule has 0 saturated carbocycles. The first-order valence-corrected chi connectivity index (χ1v) is 4.60. The number of anilines is 1. The Morgan fingerprint density at radius 3 is 2.75 bits per heavy atom. The Hall–Kier alpha value is -1.95. The smallest absolute Gasteiger partial charge is 0.277 e. The summed E-state index contributed by atoms with van der Waals surface area (Å²) in [5, 5.41) is 3.59. The van der Waals surface area contributed by atoms with E-state index in [0.29, 0.717) is 11.4 Å². The van der Waals surface area contributed by atoms with Crippen molar-refractivity contribution in [2.45, 2.75) is 6.92 Å². The standard InChI is InChI=1S/C10H13N3O3/c1-7(14)12-9-6-8(4-5-11-9)10(15)13(2)16-3/h4-6H,1-3H3,(H,11,12,14). The lowest BCUT2D eigenvalue weighted by molar-refractivity contribution is -0.114. The molecule has 0 aliphatic carbocycles. The number of nitrogens with zero attached hydrogens (tertiary/aromatic N) is 2. The maximum absolute atomic E-state index is 11.7. The Kier molecular flexibility index (Phi) is 3.96. The number of hydroxylamine groups is 2. The topological polar surface area (TPSA) is 71.5 Å². The van der Waals surface area contributed by atoms with E-state index in [4.69, 9.17) is 4.84 Å². The molecule has 86 valence electrons. The molecular weight excluding hydrogens is 210 g/mol. The third-order valence-corrected chi connectivity index (χ3v) is 1.87. The summed E-state index contributed by atoms with van der Waals surface area (Å²) < 4.78 is 0. The molecule has 0 aromatic carbocycles. The number of nitrogens with one attached hydrogen (secondary N) is 1. The molecule has 6 heteroatoms. The maximum Gasteiger partial charge on any atom is 0.277 e. The van der Waals surface area contributed by atoms with Gasteiger partial charge in [0.15, 0.2) is 0 Å². The van der Waals surface area contributed by atoms with Crippen LogP contribution in [0.15, 0.2) is 18.3 Å². The van der Waals surface area contributed by atoms with Crippen LogP contribution in [-0.2, 0) is 9.63 Å². The molecule has 16 heavy (non-hydrogen) atoms. The highest BCUT2D eigenvalue weighted by Gasteiger charge is 2.12. The first-order chi connectivity index (χ1) is 7.54. The number of carbonyl (C=O) groups excluding carboxylic acids is 2. The lowest BCUT2D eigenvalue weighted by atomic mass is 10.2. The van der Waals surface area contributed by atoms with E-state index in [2.05, 4.69) is 10.3 Å². The predicted molar refractivity (Wildman–Crippen MR) is 57.6 cm³/mol. The van der Waals surface area contributed by atoms with E-state index in [9.17, 15) is 9.59 Å². The summed E-state index contributed by atoms with van der Waals surface area (Å²) in [6.45, 7) is 1.37. The van der Waals surface area contributed by atoms with Crippen LogP contribution < -0.4 is 5.32 Å². The molecule has 0 unspecified atom stereocenters. The zero-order chi connectivity index (χ0) is 12.1. The number of amides is 2. The summed E-state index contributed by atoms with van der Waals surface area (Å²) in [5.74, 6) is -0.212. The van der Waals surface area contributed by atoms with Crippen molar-refractivity contribution in [3.8, 4) is 0 Å². The summed E-state index contributed by atoms with van der Waals surface area (Å²) in [7, 11) is 2.90. The SMILES string of the molecule is CON(C)C(=O)c1ccnc(NC(C)=O)c1. The van der Waals surface area contributed by atoms with E-state index in [1.54, 1.807) is 6.07 Å². The lowest BCUT2D eigenvalue weighted by Crippen LogP contribution is -2.25. The minimum absolute atomic E-state index is 0.239. The first kappa shape index (κ1) is 12.1. The van der Waals surface area contributed by atoms with Crippen LogP contribution in [0.5, 0.6) is 0 Å². The van der Waals surface area contributed by atoms with Crippen LogP contribution >= 0.6 is 0 Å². The summed E-state index contributed by atoms with van der Waals surface area (Å²) in [5.41, 5.74) is 0.392. The highest BCUT2D eigenvalue weighted by Crippen LogP contribution is 2.08. The average Bonchev–Trinajstić information content (AvgIpc) is 2.26. The normalized spacial score (nSPS) is 9.69. The number of aromatic nitrogens is 1. The minimum atomic E-state index is -0.309. The zero-order valence-electron chi connectivity index (χ0n) is 9.35. The predicted octanol–water partition coefficient (Wildman–Crippen LogP) is 0.673. The van der Waals surface area contributed by atoms with Gasteiger partial charge in [0.1, 0.15) is 5.82 Å². The number of rotatable bonds is 3. The fourth-order valence-electron chi connectivity index (χ4n) is 1.08. The molecular formula is C10H13N3O3. The Morgan fingerprint density at radius 2 is 2.19 bits per heavy atom. The highest BCUT2D eigenvalue weighted by atomic mass is 16.7. The number of pyridine rings is 1. The summed E-state index contributed by atoms with van der Waals surface area (Å²) in [6.07, 6.45) is 1.45. The Labute approximate surface area is 93.2 Å². The monoisotopic (exact) mass is 223 g/mol. The van der Waals surface area contributed by atoms with Crippen molar-refractivity contribution >= 4 is 17.6 Å². The second kappa shape index (κ2) is 5.22. The van der Waals surface area contributed by atoms with Gasteiger partial charge in [-0.05, 0) is 12.1 Å². The van der Waals surface area contributed by atoms with Crippen LogP contribution in [0.3, 0.4) is 0 Å². The third-order valence-electron chi connectivity index (χ3n) is 1.87. The Bertz CT molecular complexity index is 406. The van der Waals surface area contributed by atoms with Gasteiger partial charge in [-0.15, -0.1) is 0 Å². The fourth-order valence-corrected chi connectivity index (χ4v) is 1.08. The van der Waals surface area contributed by atoms with Gasteiger partial charge in [0.05, 0.1) is 7.11 Å². The average molecular weight is 223 g/mol. The van der Waals surface area contributed by atoms with Crippen LogP contribution in [0.25, 0.3) is 0 Å². The van der Waals surface area contributed by atoms with Crippen molar-refractivity contribution in [2.75, 3.05) is 19.5 Å². The second-order valence-electron chi connectivity index (χ2n) is 3.10. The quantitative estimate of drug-likeness (QED) is 0.764. The van der Waals surface area contributed by atoms with Crippen molar-refractivity contribution in [1.29, 1.82) is 0 Å². The van der Waals surface area contributed by atoms with Crippen molar-refractivity contribution in [3.05, 3.63) is 23.9 Å². The molecule has 0 fully saturated rings. The van der Waals surface area contributed by atoms with E-state index < -0.39 is 0 Å². The van der Waals surface area contributed by atoms with Crippen LogP contribution in [0.1, 0.15) is 17.3 Å². The van der Waals surface area contributed by atoms with Gasteiger partial charge in [-0.2, -0.15) is 0 Å². The van der Waals surface area contributed by atoms with Crippen molar-refractivity contribution < 1.29 is 14.4 Å². The van der Waals surface area contributed by atoms with E-state index in [1.807, 2.05) is 0 Å². The van der Waals surface area contributed by atoms with Gasteiger partial charge in [-0.1, -0.05) is 0 Å². The molecule has 0 spiro atoms. The van der Waals surface area contributed by atoms with Gasteiger partial charge < -0.3 is 5.32 Å². The molecule has 1 aromatic rings. The Morgan fingerprint density at radius 1 is 1.50 bits per heavy atom. The largest absolute Gasteiger partial charge is 0.311 e. The van der Waals surface area contributed by atoms with Gasteiger partial charge >= 0.3 is 0 Å². The zero-order valence-corrected chi connectivity index (χ0v) is 9.35. The molecule has 1 aromatic heterocycles. The van der Waals surface area contributed by atoms with Crippen LogP contribution in [0.2, 0.25) is 0 Å². The van der Waals surface area contributed by atoms with E-state index in [-0.39, 0.29) is 11.8 Å². The van der Waals surface area contributed by atoms with Gasteiger partial charge in [0.25, 0.3) is 5.91 Å². The van der Waals surface area contributed by atoms with E-state index in [0.717, 1.165) is 5.06 Å². The van der Waals surface area contributed by atoms with Crippen LogP contribution in [0, 0.1) is 0 Å². The molecule has 0 atom stereocenters. The second-order valence-corrected chi connectivity index (χ2v) is 3.10. The number of hydrogen-bond acceptors (Lipinski definition) is 4. The first-order valence-electron chi connectivity index (χ1n) is 4.60. The summed E-state index contributed by atoms with van der Waals surface area (Å²) >= 11 is 0. The molecule has 1 heterocycles. The van der Waals surface area contributed by atoms with E-state index in [1.165, 1.54) is 33.3 Å². The van der Waals surface area contributed by atoms with Gasteiger partial charge in [-0.25, -0.2) is 10.0 Å². The molecule has 0 bridgehead atoms. The highest BCUT2D eigenvalue weighted by molar-refractivity contribution is 5.95. The summed E-state index contributed by atoms with van der Waals surface area (Å²) in [6, 6.07) is 3.03. The van der Waals surface area contributed by atoms with Crippen LogP contribution in [0.4, 0.5) is 5.82 Å². The van der Waals surface area contributed by atoms with Gasteiger partial charge in [-0.3, -0.25) is 14.4 Å². The summed E-state index contributed by atoms with van der Waals surface area (Å²) in [4.78, 5) is 31.2. The van der Waals surface area contributed by atoms with E-state index >= 15 is 0 Å². The van der Waals surface area contributed by atoms with Gasteiger partial charge in [0, 0.05) is 25.7 Å². The number of carbonyl (C=O) groups is 2. The van der Waals surface area contributed by atoms with Crippen molar-refractivity contribution in [3.63, 3.8) is 0 Å². The molecule has 6 nitrogen and oxygen atoms in total. The van der Waals surface area contributed by atoms with Crippen molar-refractivity contribution in [2.24, 2.45) is 0 Å². The van der Waals surface area contributed by atoms with Crippen LogP contribution in [-0.4, -0.2) is 36.0 Å². The molecule has 1 N–H and O–H groups in total. The van der Waals surface area contributed by atoms with Gasteiger partial charge in [0.2, 0.25) is 5.91 Å². The third kappa shape index (κ3) is 3.03. The minimum Gasteiger partial charge on any atom is -0.311 e. The molecule has 0 radical (unpaired) electrons. The Balaban J connectivity index is 2.89. The molecule has 0 aliphatic rings. The molecule has 1 rings (SSSR count). The molecule has 2 amide bonds. The maximum atomic E-state index is 11.7. The fraction of sp³-hybridized carbons (Fsp3) is 0.300.